The molecule has 24 heavy (non-hydrogen) atoms. The summed E-state index contributed by atoms with van der Waals surface area (Å²) >= 11 is 0. The van der Waals surface area contributed by atoms with Gasteiger partial charge in [-0.2, -0.15) is 0 Å². The van der Waals surface area contributed by atoms with E-state index in [0.717, 1.165) is 11.1 Å². The van der Waals surface area contributed by atoms with Gasteiger partial charge in [0.2, 0.25) is 0 Å². The third kappa shape index (κ3) is 3.82. The highest BCUT2D eigenvalue weighted by Crippen LogP contribution is 2.30. The fourth-order valence-electron chi connectivity index (χ4n) is 2.62. The number of hydrogen-bond acceptors (Lipinski definition) is 2. The third-order valence-corrected chi connectivity index (χ3v) is 4.71. The summed E-state index contributed by atoms with van der Waals surface area (Å²) in [5, 5.41) is 3.09. The van der Waals surface area contributed by atoms with Crippen LogP contribution in [0.5, 0.6) is 0 Å². The van der Waals surface area contributed by atoms with Crippen molar-refractivity contribution in [1.82, 2.24) is 10.2 Å². The molecule has 0 aliphatic rings. The summed E-state index contributed by atoms with van der Waals surface area (Å²) in [5.41, 5.74) is 1.81. The Labute approximate surface area is 143 Å². The first-order valence-electron chi connectivity index (χ1n) is 8.03. The summed E-state index contributed by atoms with van der Waals surface area (Å²) in [5.74, 6) is -0.676. The molecule has 2 aromatic carbocycles. The van der Waals surface area contributed by atoms with E-state index in [1.807, 2.05) is 51.4 Å². The normalized spacial score (nSPS) is 13.0. The van der Waals surface area contributed by atoms with Gasteiger partial charge >= 0.3 is 0 Å². The largest absolute Gasteiger partial charge is 0.343 e. The second kappa shape index (κ2) is 7.14. The van der Waals surface area contributed by atoms with Crippen molar-refractivity contribution in [3.05, 3.63) is 71.0 Å². The van der Waals surface area contributed by atoms with Crippen LogP contribution in [0, 0.1) is 12.7 Å². The molecule has 1 unspecified atom stereocenters. The van der Waals surface area contributed by atoms with Gasteiger partial charge in [0.05, 0.1) is 6.04 Å². The van der Waals surface area contributed by atoms with Crippen LogP contribution in [-0.2, 0) is 0 Å². The number of carbonyl (C=O) groups is 1. The minimum Gasteiger partial charge on any atom is -0.343 e. The van der Waals surface area contributed by atoms with Gasteiger partial charge in [-0.3, -0.25) is 4.79 Å². The third-order valence-electron chi connectivity index (χ3n) is 4.71. The molecule has 3 nitrogen and oxygen atoms in total. The second-order valence-electron chi connectivity index (χ2n) is 6.82. The lowest BCUT2D eigenvalue weighted by Crippen LogP contribution is -2.50. The maximum absolute atomic E-state index is 13.5. The number of hydrogen-bond donors (Lipinski definition) is 1. The molecule has 1 atom stereocenters. The Morgan fingerprint density at radius 1 is 1.12 bits per heavy atom. The Bertz CT molecular complexity index is 711. The summed E-state index contributed by atoms with van der Waals surface area (Å²) in [6.45, 7) is 5.95. The molecule has 0 aliphatic carbocycles. The van der Waals surface area contributed by atoms with Crippen molar-refractivity contribution in [2.75, 3.05) is 14.1 Å². The number of likely N-dealkylation sites (N-methyl/N-ethyl adjacent to an activating group) is 1. The Morgan fingerprint density at radius 2 is 1.75 bits per heavy atom. The minimum absolute atomic E-state index is 0.233. The van der Waals surface area contributed by atoms with Crippen molar-refractivity contribution in [2.45, 2.75) is 32.4 Å². The first-order valence-corrected chi connectivity index (χ1v) is 8.03. The van der Waals surface area contributed by atoms with Crippen molar-refractivity contribution >= 4 is 5.91 Å². The maximum Gasteiger partial charge on any atom is 0.252 e. The second-order valence-corrected chi connectivity index (χ2v) is 6.82. The Kier molecular flexibility index (Phi) is 5.40. The summed E-state index contributed by atoms with van der Waals surface area (Å²) in [6, 6.07) is 13.9. The van der Waals surface area contributed by atoms with E-state index in [1.165, 1.54) is 12.1 Å². The average Bonchev–Trinajstić information content (AvgIpc) is 2.55. The number of amides is 1. The number of halogens is 1. The van der Waals surface area contributed by atoms with Crippen LogP contribution in [0.4, 0.5) is 4.39 Å². The SMILES string of the molecule is Cc1ccc(F)cc1C(=O)NC(c1ccccc1)C(C)(C)N(C)C. The lowest BCUT2D eigenvalue weighted by Gasteiger charge is -2.41. The van der Waals surface area contributed by atoms with Crippen molar-refractivity contribution in [3.8, 4) is 0 Å². The quantitative estimate of drug-likeness (QED) is 0.901. The predicted molar refractivity (Wildman–Crippen MR) is 95.6 cm³/mol. The molecule has 0 fully saturated rings. The van der Waals surface area contributed by atoms with Crippen LogP contribution < -0.4 is 5.32 Å². The van der Waals surface area contributed by atoms with E-state index in [2.05, 4.69) is 24.1 Å². The molecule has 2 rings (SSSR count). The number of benzene rings is 2. The molecule has 0 saturated carbocycles. The molecule has 0 aromatic heterocycles. The monoisotopic (exact) mass is 328 g/mol. The standard InChI is InChI=1S/C20H25FN2O/c1-14-11-12-16(21)13-17(14)19(24)22-18(20(2,3)23(4)5)15-9-7-6-8-10-15/h6-13,18H,1-5H3,(H,22,24). The molecular weight excluding hydrogens is 303 g/mol. The van der Waals surface area contributed by atoms with Gasteiger partial charge in [-0.05, 0) is 58.1 Å². The van der Waals surface area contributed by atoms with E-state index in [-0.39, 0.29) is 17.5 Å². The predicted octanol–water partition coefficient (Wildman–Crippen LogP) is 3.95. The van der Waals surface area contributed by atoms with Gasteiger partial charge in [0, 0.05) is 11.1 Å². The summed E-state index contributed by atoms with van der Waals surface area (Å²) in [7, 11) is 3.96. The van der Waals surface area contributed by atoms with Crippen LogP contribution in [0.3, 0.4) is 0 Å². The minimum atomic E-state index is -0.408. The van der Waals surface area contributed by atoms with Gasteiger partial charge in [-0.1, -0.05) is 36.4 Å². The summed E-state index contributed by atoms with van der Waals surface area (Å²) in [6.07, 6.45) is 0. The first kappa shape index (κ1) is 18.1. The Morgan fingerprint density at radius 3 is 2.33 bits per heavy atom. The highest BCUT2D eigenvalue weighted by molar-refractivity contribution is 5.96. The van der Waals surface area contributed by atoms with Crippen LogP contribution in [0.15, 0.2) is 48.5 Å². The molecule has 0 saturated heterocycles. The molecule has 0 bridgehead atoms. The fraction of sp³-hybridized carbons (Fsp3) is 0.350. The van der Waals surface area contributed by atoms with Crippen LogP contribution in [0.25, 0.3) is 0 Å². The van der Waals surface area contributed by atoms with E-state index in [9.17, 15) is 9.18 Å². The molecule has 0 spiro atoms. The lowest BCUT2D eigenvalue weighted by atomic mass is 9.87. The first-order chi connectivity index (χ1) is 11.2. The Hall–Kier alpha value is -2.20. The van der Waals surface area contributed by atoms with Crippen LogP contribution in [0.2, 0.25) is 0 Å². The van der Waals surface area contributed by atoms with Gasteiger partial charge in [0.15, 0.2) is 0 Å². The van der Waals surface area contributed by atoms with Crippen LogP contribution in [-0.4, -0.2) is 30.4 Å². The molecule has 128 valence electrons. The number of nitrogens with zero attached hydrogens (tertiary/aromatic N) is 1. The summed E-state index contributed by atoms with van der Waals surface area (Å²) in [4.78, 5) is 14.8. The van der Waals surface area contributed by atoms with E-state index in [4.69, 9.17) is 0 Å². The van der Waals surface area contributed by atoms with E-state index >= 15 is 0 Å². The summed E-state index contributed by atoms with van der Waals surface area (Å²) < 4.78 is 13.5. The van der Waals surface area contributed by atoms with Gasteiger partial charge in [-0.15, -0.1) is 0 Å². The van der Waals surface area contributed by atoms with Gasteiger partial charge in [0.25, 0.3) is 5.91 Å². The Balaban J connectivity index is 2.39. The highest BCUT2D eigenvalue weighted by atomic mass is 19.1. The smallest absolute Gasteiger partial charge is 0.252 e. The lowest BCUT2D eigenvalue weighted by molar-refractivity contribution is 0.0839. The number of rotatable bonds is 5. The molecule has 0 heterocycles. The maximum atomic E-state index is 13.5. The number of nitrogens with one attached hydrogen (secondary N) is 1. The van der Waals surface area contributed by atoms with Gasteiger partial charge < -0.3 is 10.2 Å². The topological polar surface area (TPSA) is 32.3 Å². The molecule has 1 amide bonds. The van der Waals surface area contributed by atoms with E-state index < -0.39 is 5.82 Å². The zero-order chi connectivity index (χ0) is 17.9. The molecular formula is C20H25FN2O. The zero-order valence-corrected chi connectivity index (χ0v) is 14.9. The number of carbonyl (C=O) groups excluding carboxylic acids is 1. The molecule has 0 aliphatic heterocycles. The zero-order valence-electron chi connectivity index (χ0n) is 14.9. The molecule has 1 N–H and O–H groups in total. The van der Waals surface area contributed by atoms with Crippen molar-refractivity contribution in [1.29, 1.82) is 0 Å². The van der Waals surface area contributed by atoms with Crippen molar-refractivity contribution in [2.24, 2.45) is 0 Å². The van der Waals surface area contributed by atoms with Crippen LogP contribution >= 0.6 is 0 Å². The molecule has 4 heteroatoms. The average molecular weight is 328 g/mol. The highest BCUT2D eigenvalue weighted by Gasteiger charge is 2.34. The van der Waals surface area contributed by atoms with Crippen molar-refractivity contribution < 1.29 is 9.18 Å². The van der Waals surface area contributed by atoms with Crippen molar-refractivity contribution in [3.63, 3.8) is 0 Å². The number of aryl methyl sites for hydroxylation is 1. The molecule has 0 radical (unpaired) electrons. The fourth-order valence-corrected chi connectivity index (χ4v) is 2.62. The molecule has 2 aromatic rings. The van der Waals surface area contributed by atoms with E-state index in [1.54, 1.807) is 6.07 Å². The van der Waals surface area contributed by atoms with E-state index in [0.29, 0.717) is 5.56 Å². The van der Waals surface area contributed by atoms with Gasteiger partial charge in [0.1, 0.15) is 5.82 Å². The van der Waals surface area contributed by atoms with Gasteiger partial charge in [-0.25, -0.2) is 4.39 Å². The van der Waals surface area contributed by atoms with Crippen LogP contribution in [0.1, 0.15) is 41.4 Å².